The van der Waals surface area contributed by atoms with Crippen molar-refractivity contribution in [3.05, 3.63) is 53.3 Å². The summed E-state index contributed by atoms with van der Waals surface area (Å²) in [4.78, 5) is 31.0. The third-order valence-electron chi connectivity index (χ3n) is 6.21. The minimum Gasteiger partial charge on any atom is -0.381 e. The van der Waals surface area contributed by atoms with Gasteiger partial charge in [0.25, 0.3) is 5.91 Å². The van der Waals surface area contributed by atoms with Crippen molar-refractivity contribution in [3.8, 4) is 0 Å². The number of benzene rings is 1. The summed E-state index contributed by atoms with van der Waals surface area (Å²) >= 11 is 0. The van der Waals surface area contributed by atoms with E-state index in [-0.39, 0.29) is 24.1 Å². The minimum absolute atomic E-state index is 0.0358. The molecule has 3 heterocycles. The minimum atomic E-state index is -4.45. The maximum atomic E-state index is 13.1. The van der Waals surface area contributed by atoms with E-state index in [1.165, 1.54) is 18.3 Å². The SMILES string of the molecule is CCn1ncc2c(NC3CCN(C(C)=O)CC3)c(C(=O)NCc3cccc(C(F)(F)F)c3)cnc21. The Morgan fingerprint density at radius 3 is 2.57 bits per heavy atom. The highest BCUT2D eigenvalue weighted by atomic mass is 19.4. The van der Waals surface area contributed by atoms with Gasteiger partial charge in [-0.25, -0.2) is 9.67 Å². The predicted molar refractivity (Wildman–Crippen MR) is 125 cm³/mol. The van der Waals surface area contributed by atoms with Crippen molar-refractivity contribution in [2.24, 2.45) is 0 Å². The van der Waals surface area contributed by atoms with Gasteiger partial charge in [-0.3, -0.25) is 9.59 Å². The number of fused-ring (bicyclic) bond motifs is 1. The van der Waals surface area contributed by atoms with Crippen molar-refractivity contribution < 1.29 is 22.8 Å². The van der Waals surface area contributed by atoms with Gasteiger partial charge in [-0.15, -0.1) is 0 Å². The number of amides is 2. The Labute approximate surface area is 200 Å². The molecule has 2 aromatic heterocycles. The molecule has 4 rings (SSSR count). The number of alkyl halides is 3. The highest BCUT2D eigenvalue weighted by Gasteiger charge is 2.30. The first kappa shape index (κ1) is 24.5. The van der Waals surface area contributed by atoms with Gasteiger partial charge in [0.15, 0.2) is 5.65 Å². The Hall–Kier alpha value is -3.63. The molecular formula is C24H27F3N6O2. The second-order valence-corrected chi connectivity index (χ2v) is 8.55. The number of aryl methyl sites for hydroxylation is 1. The lowest BCUT2D eigenvalue weighted by molar-refractivity contribution is -0.137. The highest BCUT2D eigenvalue weighted by Crippen LogP contribution is 2.30. The molecule has 0 atom stereocenters. The van der Waals surface area contributed by atoms with Crippen LogP contribution in [-0.4, -0.2) is 50.6 Å². The average Bonchev–Trinajstić information content (AvgIpc) is 3.26. The zero-order valence-electron chi connectivity index (χ0n) is 19.5. The fraction of sp³-hybridized carbons (Fsp3) is 0.417. The van der Waals surface area contributed by atoms with E-state index in [1.807, 2.05) is 6.92 Å². The number of rotatable bonds is 6. The molecule has 1 aliphatic rings. The molecule has 2 N–H and O–H groups in total. The molecule has 1 saturated heterocycles. The van der Waals surface area contributed by atoms with Crippen molar-refractivity contribution in [1.82, 2.24) is 25.0 Å². The number of nitrogens with zero attached hydrogens (tertiary/aromatic N) is 4. The van der Waals surface area contributed by atoms with Gasteiger partial charge in [-0.2, -0.15) is 18.3 Å². The fourth-order valence-corrected chi connectivity index (χ4v) is 4.26. The number of carbonyl (C=O) groups is 2. The number of aromatic nitrogens is 3. The Kier molecular flexibility index (Phi) is 6.95. The summed E-state index contributed by atoms with van der Waals surface area (Å²) in [6.45, 7) is 5.26. The Balaban J connectivity index is 1.57. The van der Waals surface area contributed by atoms with Crippen LogP contribution >= 0.6 is 0 Å². The van der Waals surface area contributed by atoms with Crippen LogP contribution in [0.25, 0.3) is 11.0 Å². The van der Waals surface area contributed by atoms with Crippen molar-refractivity contribution >= 4 is 28.5 Å². The third kappa shape index (κ3) is 5.39. The van der Waals surface area contributed by atoms with E-state index < -0.39 is 17.6 Å². The standard InChI is InChI=1S/C24H27F3N6O2/c1-3-33-22-19(14-30-33)21(31-18-7-9-32(10-8-18)15(2)34)20(13-28-22)23(35)29-12-16-5-4-6-17(11-16)24(25,26)27/h4-6,11,13-14,18H,3,7-10,12H2,1-2H3,(H,28,31)(H,29,35). The molecule has 1 fully saturated rings. The van der Waals surface area contributed by atoms with Crippen LogP contribution < -0.4 is 10.6 Å². The molecule has 1 aromatic carbocycles. The molecule has 0 unspecified atom stereocenters. The molecule has 0 spiro atoms. The second kappa shape index (κ2) is 9.93. The highest BCUT2D eigenvalue weighted by molar-refractivity contribution is 6.06. The number of carbonyl (C=O) groups excluding carboxylic acids is 2. The number of hydrogen-bond acceptors (Lipinski definition) is 5. The van der Waals surface area contributed by atoms with Gasteiger partial charge >= 0.3 is 6.18 Å². The zero-order valence-corrected chi connectivity index (χ0v) is 19.5. The second-order valence-electron chi connectivity index (χ2n) is 8.55. The van der Waals surface area contributed by atoms with Gasteiger partial charge in [-0.05, 0) is 37.5 Å². The topological polar surface area (TPSA) is 92.2 Å². The van der Waals surface area contributed by atoms with E-state index in [0.29, 0.717) is 41.9 Å². The molecule has 0 saturated carbocycles. The summed E-state index contributed by atoms with van der Waals surface area (Å²) in [5, 5.41) is 11.2. The number of halogens is 3. The molecule has 11 heteroatoms. The summed E-state index contributed by atoms with van der Waals surface area (Å²) in [5.41, 5.74) is 1.07. The molecule has 2 amide bonds. The van der Waals surface area contributed by atoms with Gasteiger partial charge < -0.3 is 15.5 Å². The van der Waals surface area contributed by atoms with Crippen LogP contribution in [0.5, 0.6) is 0 Å². The molecule has 35 heavy (non-hydrogen) atoms. The van der Waals surface area contributed by atoms with E-state index in [0.717, 1.165) is 25.0 Å². The Morgan fingerprint density at radius 2 is 1.91 bits per heavy atom. The molecule has 0 bridgehead atoms. The van der Waals surface area contributed by atoms with Crippen LogP contribution in [0.4, 0.5) is 18.9 Å². The van der Waals surface area contributed by atoms with E-state index in [4.69, 9.17) is 0 Å². The summed E-state index contributed by atoms with van der Waals surface area (Å²) in [5.74, 6) is -0.418. The average molecular weight is 489 g/mol. The van der Waals surface area contributed by atoms with Crippen LogP contribution in [0.15, 0.2) is 36.7 Å². The number of anilines is 1. The van der Waals surface area contributed by atoms with Crippen LogP contribution in [-0.2, 0) is 24.1 Å². The predicted octanol–water partition coefficient (Wildman–Crippen LogP) is 3.82. The first-order valence-electron chi connectivity index (χ1n) is 11.5. The molecule has 1 aliphatic heterocycles. The van der Waals surface area contributed by atoms with Crippen LogP contribution in [0, 0.1) is 0 Å². The molecule has 0 aliphatic carbocycles. The lowest BCUT2D eigenvalue weighted by atomic mass is 10.0. The molecule has 8 nitrogen and oxygen atoms in total. The summed E-state index contributed by atoms with van der Waals surface area (Å²) < 4.78 is 40.8. The van der Waals surface area contributed by atoms with Crippen molar-refractivity contribution in [2.45, 2.75) is 52.0 Å². The van der Waals surface area contributed by atoms with Crippen molar-refractivity contribution in [1.29, 1.82) is 0 Å². The van der Waals surface area contributed by atoms with Gasteiger partial charge in [0, 0.05) is 45.3 Å². The fourth-order valence-electron chi connectivity index (χ4n) is 4.26. The van der Waals surface area contributed by atoms with E-state index in [2.05, 4.69) is 20.7 Å². The van der Waals surface area contributed by atoms with E-state index in [9.17, 15) is 22.8 Å². The van der Waals surface area contributed by atoms with E-state index >= 15 is 0 Å². The van der Waals surface area contributed by atoms with Gasteiger partial charge in [-0.1, -0.05) is 12.1 Å². The van der Waals surface area contributed by atoms with Gasteiger partial charge in [0.05, 0.1) is 28.4 Å². The number of pyridine rings is 1. The monoisotopic (exact) mass is 488 g/mol. The number of likely N-dealkylation sites (tertiary alicyclic amines) is 1. The molecular weight excluding hydrogens is 461 g/mol. The normalized spacial score (nSPS) is 14.8. The van der Waals surface area contributed by atoms with Crippen molar-refractivity contribution in [3.63, 3.8) is 0 Å². The summed E-state index contributed by atoms with van der Waals surface area (Å²) in [7, 11) is 0. The maximum absolute atomic E-state index is 13.1. The maximum Gasteiger partial charge on any atom is 0.416 e. The number of piperidine rings is 1. The van der Waals surface area contributed by atoms with E-state index in [1.54, 1.807) is 22.7 Å². The smallest absolute Gasteiger partial charge is 0.381 e. The summed E-state index contributed by atoms with van der Waals surface area (Å²) in [6.07, 6.45) is 0.101. The number of hydrogen-bond donors (Lipinski definition) is 2. The molecule has 0 radical (unpaired) electrons. The quantitative estimate of drug-likeness (QED) is 0.551. The number of nitrogens with one attached hydrogen (secondary N) is 2. The third-order valence-corrected chi connectivity index (χ3v) is 6.21. The van der Waals surface area contributed by atoms with Crippen LogP contribution in [0.3, 0.4) is 0 Å². The van der Waals surface area contributed by atoms with Crippen LogP contribution in [0.1, 0.15) is 48.2 Å². The lowest BCUT2D eigenvalue weighted by Crippen LogP contribution is -2.41. The van der Waals surface area contributed by atoms with Gasteiger partial charge in [0.1, 0.15) is 0 Å². The molecule has 3 aromatic rings. The van der Waals surface area contributed by atoms with Crippen molar-refractivity contribution in [2.75, 3.05) is 18.4 Å². The van der Waals surface area contributed by atoms with Gasteiger partial charge in [0.2, 0.25) is 5.91 Å². The zero-order chi connectivity index (χ0) is 25.2. The Morgan fingerprint density at radius 1 is 1.17 bits per heavy atom. The van der Waals surface area contributed by atoms with Crippen LogP contribution in [0.2, 0.25) is 0 Å². The first-order chi connectivity index (χ1) is 16.7. The molecule has 186 valence electrons. The summed E-state index contributed by atoms with van der Waals surface area (Å²) in [6, 6.07) is 4.90. The lowest BCUT2D eigenvalue weighted by Gasteiger charge is -2.32. The first-order valence-corrected chi connectivity index (χ1v) is 11.5. The largest absolute Gasteiger partial charge is 0.416 e. The Bertz CT molecular complexity index is 1230.